The first kappa shape index (κ1) is 18.2. The highest BCUT2D eigenvalue weighted by Gasteiger charge is 2.43. The van der Waals surface area contributed by atoms with E-state index in [-0.39, 0.29) is 6.10 Å². The molecule has 142 valence electrons. The Kier molecular flexibility index (Phi) is 5.30. The third-order valence-electron chi connectivity index (χ3n) is 5.52. The zero-order valence-corrected chi connectivity index (χ0v) is 15.8. The van der Waals surface area contributed by atoms with Gasteiger partial charge >= 0.3 is 0 Å². The van der Waals surface area contributed by atoms with Crippen LogP contribution in [0.3, 0.4) is 0 Å². The lowest BCUT2D eigenvalue weighted by Gasteiger charge is -2.43. The summed E-state index contributed by atoms with van der Waals surface area (Å²) < 4.78 is 6.15. The maximum atomic E-state index is 6.15. The summed E-state index contributed by atoms with van der Waals surface area (Å²) in [6.45, 7) is 6.72. The highest BCUT2D eigenvalue weighted by molar-refractivity contribution is 5.67. The van der Waals surface area contributed by atoms with Crippen LogP contribution in [0.4, 0.5) is 5.69 Å². The molecular weight excluding hydrogens is 338 g/mol. The number of anilines is 1. The number of rotatable bonds is 4. The van der Waals surface area contributed by atoms with Gasteiger partial charge in [-0.2, -0.15) is 0 Å². The molecular formula is C23H27NO3. The molecule has 0 amide bonds. The molecule has 0 bridgehead atoms. The Hall–Kier alpha value is -2.14. The van der Waals surface area contributed by atoms with Crippen molar-refractivity contribution >= 4 is 11.3 Å². The van der Waals surface area contributed by atoms with Crippen molar-refractivity contribution < 1.29 is 14.5 Å². The molecule has 2 aromatic rings. The van der Waals surface area contributed by atoms with E-state index in [2.05, 4.69) is 67.4 Å². The lowest BCUT2D eigenvalue weighted by molar-refractivity contribution is -0.483. The lowest BCUT2D eigenvalue weighted by Crippen LogP contribution is -2.49. The van der Waals surface area contributed by atoms with E-state index >= 15 is 0 Å². The maximum Gasteiger partial charge on any atom is 0.201 e. The molecule has 27 heavy (non-hydrogen) atoms. The Morgan fingerprint density at radius 1 is 1.04 bits per heavy atom. The molecule has 0 radical (unpaired) electrons. The van der Waals surface area contributed by atoms with Crippen LogP contribution in [0.15, 0.2) is 61.2 Å². The molecule has 1 aliphatic heterocycles. The molecule has 1 N–H and O–H groups in total. The summed E-state index contributed by atoms with van der Waals surface area (Å²) in [6, 6.07) is 19.0. The molecule has 2 aromatic carbocycles. The average Bonchev–Trinajstić information content (AvgIpc) is 2.71. The van der Waals surface area contributed by atoms with Crippen LogP contribution < -0.4 is 5.32 Å². The van der Waals surface area contributed by atoms with E-state index in [0.717, 1.165) is 42.5 Å². The highest BCUT2D eigenvalue weighted by Crippen LogP contribution is 2.38. The molecule has 1 heterocycles. The zero-order chi connectivity index (χ0) is 18.7. The fraction of sp³-hybridized carbons (Fsp3) is 0.391. The van der Waals surface area contributed by atoms with E-state index < -0.39 is 5.79 Å². The predicted molar refractivity (Wildman–Crippen MR) is 107 cm³/mol. The first-order valence-electron chi connectivity index (χ1n) is 9.69. The predicted octanol–water partition coefficient (Wildman–Crippen LogP) is 5.11. The standard InChI is InChI=1S/C23H27NO3/c1-17-8-10-19(11-9-17)18(2)22-16-25-23(27-26-22)14-12-21(13-15-23)24-20-6-4-3-5-7-20/h3-11,21-22,24H,2,12-16H2,1H3. The monoisotopic (exact) mass is 365 g/mol. The number of ether oxygens (including phenoxy) is 1. The second-order valence-corrected chi connectivity index (χ2v) is 7.57. The Labute approximate surface area is 161 Å². The molecule has 4 rings (SSSR count). The summed E-state index contributed by atoms with van der Waals surface area (Å²) in [5.41, 5.74) is 4.34. The number of nitrogens with one attached hydrogen (secondary N) is 1. The van der Waals surface area contributed by atoms with Crippen molar-refractivity contribution in [3.8, 4) is 0 Å². The second kappa shape index (κ2) is 7.85. The fourth-order valence-electron chi connectivity index (χ4n) is 3.74. The Morgan fingerprint density at radius 3 is 2.37 bits per heavy atom. The number of para-hydroxylation sites is 1. The maximum absolute atomic E-state index is 6.15. The van der Waals surface area contributed by atoms with Crippen LogP contribution in [0.5, 0.6) is 0 Å². The van der Waals surface area contributed by atoms with E-state index in [1.165, 1.54) is 5.56 Å². The second-order valence-electron chi connectivity index (χ2n) is 7.57. The lowest BCUT2D eigenvalue weighted by atomic mass is 9.89. The molecule has 4 heteroatoms. The zero-order valence-electron chi connectivity index (χ0n) is 15.8. The van der Waals surface area contributed by atoms with Gasteiger partial charge in [-0.15, -0.1) is 0 Å². The molecule has 2 fully saturated rings. The summed E-state index contributed by atoms with van der Waals surface area (Å²) in [6.07, 6.45) is 3.35. The van der Waals surface area contributed by atoms with Gasteiger partial charge in [-0.05, 0) is 43.0 Å². The minimum absolute atomic E-state index is 0.265. The van der Waals surface area contributed by atoms with Gasteiger partial charge < -0.3 is 10.1 Å². The van der Waals surface area contributed by atoms with Crippen molar-refractivity contribution in [2.24, 2.45) is 0 Å². The van der Waals surface area contributed by atoms with Crippen LogP contribution in [0.1, 0.15) is 36.8 Å². The van der Waals surface area contributed by atoms with E-state index in [9.17, 15) is 0 Å². The van der Waals surface area contributed by atoms with Gasteiger partial charge in [0.05, 0.1) is 6.61 Å². The van der Waals surface area contributed by atoms with Crippen molar-refractivity contribution in [2.45, 2.75) is 50.5 Å². The van der Waals surface area contributed by atoms with E-state index in [0.29, 0.717) is 12.6 Å². The molecule has 1 aliphatic carbocycles. The fourth-order valence-corrected chi connectivity index (χ4v) is 3.74. The van der Waals surface area contributed by atoms with Gasteiger partial charge in [0, 0.05) is 24.6 Å². The van der Waals surface area contributed by atoms with Crippen LogP contribution in [-0.4, -0.2) is 24.5 Å². The molecule has 1 atom stereocenters. The molecule has 0 aromatic heterocycles. The summed E-state index contributed by atoms with van der Waals surface area (Å²) >= 11 is 0. The highest BCUT2D eigenvalue weighted by atomic mass is 17.2. The molecule has 1 saturated carbocycles. The molecule has 2 aliphatic rings. The number of hydrogen-bond acceptors (Lipinski definition) is 4. The summed E-state index contributed by atoms with van der Waals surface area (Å²) in [7, 11) is 0. The Morgan fingerprint density at radius 2 is 1.74 bits per heavy atom. The molecule has 1 saturated heterocycles. The molecule has 1 spiro atoms. The van der Waals surface area contributed by atoms with Gasteiger partial charge in [-0.3, -0.25) is 0 Å². The van der Waals surface area contributed by atoms with Crippen molar-refractivity contribution in [2.75, 3.05) is 11.9 Å². The van der Waals surface area contributed by atoms with Gasteiger partial charge in [0.15, 0.2) is 0 Å². The van der Waals surface area contributed by atoms with Crippen LogP contribution in [0.2, 0.25) is 0 Å². The largest absolute Gasteiger partial charge is 0.382 e. The topological polar surface area (TPSA) is 39.7 Å². The molecule has 1 unspecified atom stereocenters. The van der Waals surface area contributed by atoms with Gasteiger partial charge in [-0.25, -0.2) is 9.78 Å². The van der Waals surface area contributed by atoms with Crippen LogP contribution in [-0.2, 0) is 14.5 Å². The van der Waals surface area contributed by atoms with E-state index in [1.807, 2.05) is 6.07 Å². The van der Waals surface area contributed by atoms with Crippen molar-refractivity contribution in [3.63, 3.8) is 0 Å². The summed E-state index contributed by atoms with van der Waals surface area (Å²) in [4.78, 5) is 11.5. The number of hydrogen-bond donors (Lipinski definition) is 1. The smallest absolute Gasteiger partial charge is 0.201 e. The third-order valence-corrected chi connectivity index (χ3v) is 5.52. The Balaban J connectivity index is 1.29. The minimum atomic E-state index is -0.612. The third kappa shape index (κ3) is 4.24. The number of benzene rings is 2. The average molecular weight is 365 g/mol. The SMILES string of the molecule is C=C(c1ccc(C)cc1)C1COC2(CCC(Nc3ccccc3)CC2)OO1. The van der Waals surface area contributed by atoms with Gasteiger partial charge in [0.25, 0.3) is 0 Å². The summed E-state index contributed by atoms with van der Waals surface area (Å²) in [5, 5.41) is 3.59. The molecule has 4 nitrogen and oxygen atoms in total. The number of aryl methyl sites for hydroxylation is 1. The summed E-state index contributed by atoms with van der Waals surface area (Å²) in [5.74, 6) is -0.612. The van der Waals surface area contributed by atoms with Crippen molar-refractivity contribution in [1.82, 2.24) is 0 Å². The van der Waals surface area contributed by atoms with Crippen LogP contribution in [0, 0.1) is 6.92 Å². The van der Waals surface area contributed by atoms with Gasteiger partial charge in [0.1, 0.15) is 6.10 Å². The van der Waals surface area contributed by atoms with Crippen LogP contribution in [0.25, 0.3) is 5.57 Å². The van der Waals surface area contributed by atoms with Gasteiger partial charge in [-0.1, -0.05) is 54.6 Å². The first-order valence-corrected chi connectivity index (χ1v) is 9.69. The van der Waals surface area contributed by atoms with Gasteiger partial charge in [0.2, 0.25) is 5.79 Å². The van der Waals surface area contributed by atoms with Crippen molar-refractivity contribution in [1.29, 1.82) is 0 Å². The quantitative estimate of drug-likeness (QED) is 0.765. The minimum Gasteiger partial charge on any atom is -0.382 e. The Bertz CT molecular complexity index is 754. The van der Waals surface area contributed by atoms with Crippen LogP contribution >= 0.6 is 0 Å². The van der Waals surface area contributed by atoms with E-state index in [1.54, 1.807) is 0 Å². The van der Waals surface area contributed by atoms with E-state index in [4.69, 9.17) is 14.5 Å². The first-order chi connectivity index (χ1) is 13.1. The normalized spacial score (nSPS) is 28.0. The van der Waals surface area contributed by atoms with Crippen molar-refractivity contribution in [3.05, 3.63) is 72.3 Å².